The monoisotopic (exact) mass is 278 g/mol. The Bertz CT molecular complexity index is 925. The maximum absolute atomic E-state index is 12.6. The third kappa shape index (κ3) is 1.91. The van der Waals surface area contributed by atoms with Gasteiger partial charge in [-0.2, -0.15) is 0 Å². The van der Waals surface area contributed by atoms with E-state index in [1.165, 1.54) is 10.1 Å². The summed E-state index contributed by atoms with van der Waals surface area (Å²) in [6.45, 7) is 0. The zero-order chi connectivity index (χ0) is 14.4. The maximum Gasteiger partial charge on any atom is 0.329 e. The van der Waals surface area contributed by atoms with E-state index in [0.29, 0.717) is 10.9 Å². The fourth-order valence-corrected chi connectivity index (χ4v) is 3.00. The predicted molar refractivity (Wildman–Crippen MR) is 81.7 cm³/mol. The van der Waals surface area contributed by atoms with Gasteiger partial charge in [-0.25, -0.2) is 4.79 Å². The summed E-state index contributed by atoms with van der Waals surface area (Å²) < 4.78 is 1.38. The normalized spacial score (nSPS) is 20.6. The number of benzene rings is 2. The lowest BCUT2D eigenvalue weighted by Crippen LogP contribution is -2.34. The van der Waals surface area contributed by atoms with Crippen molar-refractivity contribution in [2.24, 2.45) is 0 Å². The van der Waals surface area contributed by atoms with Crippen LogP contribution in [-0.2, 0) is 0 Å². The number of para-hydroxylation sites is 1. The summed E-state index contributed by atoms with van der Waals surface area (Å²) >= 11 is 0. The molecule has 0 unspecified atom stereocenters. The minimum absolute atomic E-state index is 0.0340. The smallest absolute Gasteiger partial charge is 0.307 e. The average molecular weight is 278 g/mol. The molecule has 4 rings (SSSR count). The van der Waals surface area contributed by atoms with Gasteiger partial charge in [0, 0.05) is 12.0 Å². The number of hydrogen-bond acceptors (Lipinski definition) is 2. The van der Waals surface area contributed by atoms with Gasteiger partial charge in [-0.15, -0.1) is 0 Å². The minimum atomic E-state index is -0.317. The van der Waals surface area contributed by atoms with Crippen LogP contribution in [-0.4, -0.2) is 9.55 Å². The third-order valence-corrected chi connectivity index (χ3v) is 4.15. The Labute approximate surface area is 120 Å². The summed E-state index contributed by atoms with van der Waals surface area (Å²) in [6, 6.07) is 17.1. The molecule has 1 saturated carbocycles. The molecule has 4 nitrogen and oxygen atoms in total. The molecule has 21 heavy (non-hydrogen) atoms. The fourth-order valence-electron chi connectivity index (χ4n) is 3.00. The van der Waals surface area contributed by atoms with Crippen LogP contribution >= 0.6 is 0 Å². The highest BCUT2D eigenvalue weighted by Crippen LogP contribution is 2.49. The van der Waals surface area contributed by atoms with E-state index < -0.39 is 0 Å². The second-order valence-corrected chi connectivity index (χ2v) is 5.47. The lowest BCUT2D eigenvalue weighted by atomic mass is 10.1. The number of H-pyrrole nitrogens is 1. The molecule has 0 amide bonds. The SMILES string of the molecule is O=c1[nH]c2ccccc2c(=O)n1[C@@H]1C[C@H]1c1ccccc1. The molecule has 2 atom stereocenters. The van der Waals surface area contributed by atoms with Crippen molar-refractivity contribution in [1.82, 2.24) is 9.55 Å². The van der Waals surface area contributed by atoms with E-state index >= 15 is 0 Å². The number of hydrogen-bond donors (Lipinski definition) is 1. The first-order valence-electron chi connectivity index (χ1n) is 7.04. The first-order valence-corrected chi connectivity index (χ1v) is 7.04. The van der Waals surface area contributed by atoms with Gasteiger partial charge in [0.05, 0.1) is 10.9 Å². The average Bonchev–Trinajstić information content (AvgIpc) is 3.28. The molecule has 1 aromatic heterocycles. The Morgan fingerprint density at radius 2 is 1.67 bits per heavy atom. The second-order valence-electron chi connectivity index (χ2n) is 5.47. The molecule has 0 radical (unpaired) electrons. The van der Waals surface area contributed by atoms with Crippen LogP contribution in [0, 0.1) is 0 Å². The van der Waals surface area contributed by atoms with E-state index in [0.717, 1.165) is 6.42 Å². The van der Waals surface area contributed by atoms with Crippen molar-refractivity contribution in [1.29, 1.82) is 0 Å². The van der Waals surface area contributed by atoms with Crippen LogP contribution < -0.4 is 11.2 Å². The predicted octanol–water partition coefficient (Wildman–Crippen LogP) is 2.42. The zero-order valence-electron chi connectivity index (χ0n) is 11.3. The van der Waals surface area contributed by atoms with Crippen molar-refractivity contribution in [3.8, 4) is 0 Å². The lowest BCUT2D eigenvalue weighted by molar-refractivity contribution is 0.648. The van der Waals surface area contributed by atoms with Gasteiger partial charge in [0.1, 0.15) is 0 Å². The van der Waals surface area contributed by atoms with Crippen LogP contribution in [0.15, 0.2) is 64.2 Å². The summed E-state index contributed by atoms with van der Waals surface area (Å²) in [4.78, 5) is 27.6. The molecule has 1 aliphatic carbocycles. The van der Waals surface area contributed by atoms with Crippen molar-refractivity contribution in [3.05, 3.63) is 81.0 Å². The second kappa shape index (κ2) is 4.45. The Morgan fingerprint density at radius 1 is 0.952 bits per heavy atom. The summed E-state index contributed by atoms with van der Waals surface area (Å²) in [5.41, 5.74) is 1.27. The Morgan fingerprint density at radius 3 is 2.48 bits per heavy atom. The van der Waals surface area contributed by atoms with E-state index in [9.17, 15) is 9.59 Å². The first-order chi connectivity index (χ1) is 10.3. The van der Waals surface area contributed by atoms with Gasteiger partial charge in [0.25, 0.3) is 5.56 Å². The maximum atomic E-state index is 12.6. The Kier molecular flexibility index (Phi) is 2.57. The third-order valence-electron chi connectivity index (χ3n) is 4.15. The van der Waals surface area contributed by atoms with Crippen molar-refractivity contribution in [2.75, 3.05) is 0 Å². The van der Waals surface area contributed by atoms with Gasteiger partial charge in [0.15, 0.2) is 0 Å². The summed E-state index contributed by atoms with van der Waals surface area (Å²) in [5, 5.41) is 0.566. The molecule has 0 aliphatic heterocycles. The number of aromatic nitrogens is 2. The molecule has 1 aliphatic rings. The molecule has 1 fully saturated rings. The molecular weight excluding hydrogens is 264 g/mol. The summed E-state index contributed by atoms with van der Waals surface area (Å²) in [7, 11) is 0. The molecule has 0 bridgehead atoms. The molecule has 2 aromatic carbocycles. The first kappa shape index (κ1) is 12.1. The minimum Gasteiger partial charge on any atom is -0.307 e. The number of fused-ring (bicyclic) bond motifs is 1. The van der Waals surface area contributed by atoms with E-state index in [4.69, 9.17) is 0 Å². The van der Waals surface area contributed by atoms with E-state index in [1.54, 1.807) is 12.1 Å². The molecule has 1 N–H and O–H groups in total. The van der Waals surface area contributed by atoms with Crippen LogP contribution in [0.4, 0.5) is 0 Å². The Hall–Kier alpha value is -2.62. The number of aromatic amines is 1. The van der Waals surface area contributed by atoms with Crippen LogP contribution in [0.2, 0.25) is 0 Å². The quantitative estimate of drug-likeness (QED) is 0.782. The van der Waals surface area contributed by atoms with Gasteiger partial charge in [-0.05, 0) is 24.1 Å². The van der Waals surface area contributed by atoms with Crippen LogP contribution in [0.25, 0.3) is 10.9 Å². The largest absolute Gasteiger partial charge is 0.329 e. The van der Waals surface area contributed by atoms with Gasteiger partial charge in [-0.1, -0.05) is 42.5 Å². The molecule has 0 spiro atoms. The van der Waals surface area contributed by atoms with E-state index in [1.807, 2.05) is 42.5 Å². The molecule has 104 valence electrons. The number of rotatable bonds is 2. The molecular formula is C17H14N2O2. The van der Waals surface area contributed by atoms with Crippen molar-refractivity contribution in [3.63, 3.8) is 0 Å². The Balaban J connectivity index is 1.83. The zero-order valence-corrected chi connectivity index (χ0v) is 11.3. The summed E-state index contributed by atoms with van der Waals surface area (Å²) in [6.07, 6.45) is 0.839. The van der Waals surface area contributed by atoms with Crippen LogP contribution in [0.5, 0.6) is 0 Å². The highest BCUT2D eigenvalue weighted by atomic mass is 16.2. The van der Waals surface area contributed by atoms with Crippen molar-refractivity contribution < 1.29 is 0 Å². The molecule has 3 aromatic rings. The van der Waals surface area contributed by atoms with Crippen molar-refractivity contribution in [2.45, 2.75) is 18.4 Å². The van der Waals surface area contributed by atoms with E-state index in [2.05, 4.69) is 4.98 Å². The highest BCUT2D eigenvalue weighted by molar-refractivity contribution is 5.76. The highest BCUT2D eigenvalue weighted by Gasteiger charge is 2.41. The topological polar surface area (TPSA) is 54.9 Å². The molecule has 4 heteroatoms. The lowest BCUT2D eigenvalue weighted by Gasteiger charge is -2.06. The standard InChI is InChI=1S/C17H14N2O2/c20-16-12-8-4-5-9-14(12)18-17(21)19(16)15-10-13(15)11-6-2-1-3-7-11/h1-9,13,15H,10H2,(H,18,21)/t13-,15+/m0/s1. The van der Waals surface area contributed by atoms with Gasteiger partial charge in [0.2, 0.25) is 0 Å². The molecule has 0 saturated heterocycles. The van der Waals surface area contributed by atoms with Crippen LogP contribution in [0.1, 0.15) is 23.9 Å². The van der Waals surface area contributed by atoms with Gasteiger partial charge in [-0.3, -0.25) is 9.36 Å². The van der Waals surface area contributed by atoms with Gasteiger partial charge >= 0.3 is 5.69 Å². The van der Waals surface area contributed by atoms with Crippen molar-refractivity contribution >= 4 is 10.9 Å². The number of nitrogens with zero attached hydrogens (tertiary/aromatic N) is 1. The van der Waals surface area contributed by atoms with E-state index in [-0.39, 0.29) is 23.2 Å². The number of nitrogens with one attached hydrogen (secondary N) is 1. The van der Waals surface area contributed by atoms with Gasteiger partial charge < -0.3 is 4.98 Å². The molecule has 1 heterocycles. The van der Waals surface area contributed by atoms with Crippen LogP contribution in [0.3, 0.4) is 0 Å². The fraction of sp³-hybridized carbons (Fsp3) is 0.176. The summed E-state index contributed by atoms with van der Waals surface area (Å²) in [5.74, 6) is 0.256.